The van der Waals surface area contributed by atoms with E-state index in [1.165, 1.54) is 12.1 Å². The van der Waals surface area contributed by atoms with Gasteiger partial charge in [0.25, 0.3) is 0 Å². The van der Waals surface area contributed by atoms with Crippen LogP contribution in [-0.2, 0) is 0 Å². The number of likely N-dealkylation sites (tertiary alicyclic amines) is 1. The van der Waals surface area contributed by atoms with Crippen LogP contribution in [-0.4, -0.2) is 31.1 Å². The van der Waals surface area contributed by atoms with Crippen LogP contribution in [0.5, 0.6) is 5.75 Å². The predicted molar refractivity (Wildman–Crippen MR) is 66.7 cm³/mol. The van der Waals surface area contributed by atoms with Gasteiger partial charge in [0.05, 0.1) is 6.61 Å². The summed E-state index contributed by atoms with van der Waals surface area (Å²) in [5.74, 6) is -0.580. The molecular weight excluding hydrogens is 236 g/mol. The average Bonchev–Trinajstić information content (AvgIpc) is 2.38. The molecule has 1 saturated heterocycles. The standard InChI is InChI=1S/C14H19F2NO/c1-2-17-7-5-11(6-8-17)10-18-14-4-3-12(15)9-13(14)16/h3-4,9,11H,2,5-8,10H2,1H3. The van der Waals surface area contributed by atoms with Crippen LogP contribution in [0.25, 0.3) is 0 Å². The number of hydrogen-bond donors (Lipinski definition) is 0. The topological polar surface area (TPSA) is 12.5 Å². The first-order valence-electron chi connectivity index (χ1n) is 6.49. The number of nitrogens with zero attached hydrogens (tertiary/aromatic N) is 1. The first-order chi connectivity index (χ1) is 8.69. The van der Waals surface area contributed by atoms with Crippen molar-refractivity contribution in [2.24, 2.45) is 5.92 Å². The van der Waals surface area contributed by atoms with E-state index in [0.29, 0.717) is 12.5 Å². The molecule has 1 aromatic carbocycles. The Morgan fingerprint density at radius 1 is 1.28 bits per heavy atom. The normalized spacial score (nSPS) is 17.9. The number of rotatable bonds is 4. The maximum Gasteiger partial charge on any atom is 0.167 e. The molecule has 18 heavy (non-hydrogen) atoms. The van der Waals surface area contributed by atoms with E-state index < -0.39 is 11.6 Å². The first kappa shape index (κ1) is 13.3. The van der Waals surface area contributed by atoms with E-state index in [1.807, 2.05) is 0 Å². The molecule has 0 aliphatic carbocycles. The van der Waals surface area contributed by atoms with Crippen molar-refractivity contribution in [1.82, 2.24) is 4.90 Å². The second-order valence-electron chi connectivity index (χ2n) is 4.76. The molecule has 1 fully saturated rings. The highest BCUT2D eigenvalue weighted by Crippen LogP contribution is 2.21. The lowest BCUT2D eigenvalue weighted by atomic mass is 9.98. The van der Waals surface area contributed by atoms with Gasteiger partial charge < -0.3 is 9.64 Å². The summed E-state index contributed by atoms with van der Waals surface area (Å²) in [6.07, 6.45) is 2.16. The first-order valence-corrected chi connectivity index (χ1v) is 6.49. The zero-order valence-corrected chi connectivity index (χ0v) is 10.7. The molecule has 0 unspecified atom stereocenters. The third-order valence-electron chi connectivity index (χ3n) is 3.52. The highest BCUT2D eigenvalue weighted by Gasteiger charge is 2.19. The Bertz CT molecular complexity index is 389. The van der Waals surface area contributed by atoms with Gasteiger partial charge >= 0.3 is 0 Å². The number of ether oxygens (including phenoxy) is 1. The third kappa shape index (κ3) is 3.42. The quantitative estimate of drug-likeness (QED) is 0.819. The van der Waals surface area contributed by atoms with Crippen LogP contribution in [0.4, 0.5) is 8.78 Å². The second-order valence-corrected chi connectivity index (χ2v) is 4.76. The van der Waals surface area contributed by atoms with Crippen LogP contribution >= 0.6 is 0 Å². The lowest BCUT2D eigenvalue weighted by Crippen LogP contribution is -2.35. The zero-order valence-electron chi connectivity index (χ0n) is 10.7. The number of piperidine rings is 1. The fourth-order valence-corrected chi connectivity index (χ4v) is 2.27. The van der Waals surface area contributed by atoms with Gasteiger partial charge in [0.2, 0.25) is 0 Å². The average molecular weight is 255 g/mol. The summed E-state index contributed by atoms with van der Waals surface area (Å²) in [5, 5.41) is 0. The van der Waals surface area contributed by atoms with Crippen molar-refractivity contribution in [2.45, 2.75) is 19.8 Å². The van der Waals surface area contributed by atoms with Gasteiger partial charge in [-0.15, -0.1) is 0 Å². The lowest BCUT2D eigenvalue weighted by molar-refractivity contribution is 0.143. The van der Waals surface area contributed by atoms with Crippen molar-refractivity contribution in [3.05, 3.63) is 29.8 Å². The van der Waals surface area contributed by atoms with E-state index in [1.54, 1.807) is 0 Å². The van der Waals surface area contributed by atoms with Crippen LogP contribution in [0, 0.1) is 17.6 Å². The van der Waals surface area contributed by atoms with Crippen LogP contribution in [0.3, 0.4) is 0 Å². The zero-order chi connectivity index (χ0) is 13.0. The molecule has 0 bridgehead atoms. The summed E-state index contributed by atoms with van der Waals surface area (Å²) in [5.41, 5.74) is 0. The van der Waals surface area contributed by atoms with E-state index in [4.69, 9.17) is 4.74 Å². The molecule has 0 atom stereocenters. The molecule has 0 amide bonds. The minimum absolute atomic E-state index is 0.148. The third-order valence-corrected chi connectivity index (χ3v) is 3.52. The van der Waals surface area contributed by atoms with Crippen LogP contribution in [0.15, 0.2) is 18.2 Å². The molecule has 2 rings (SSSR count). The molecule has 0 saturated carbocycles. The molecule has 0 N–H and O–H groups in total. The Hall–Kier alpha value is -1.16. The van der Waals surface area contributed by atoms with Crippen molar-refractivity contribution in [1.29, 1.82) is 0 Å². The Labute approximate surface area is 107 Å². The summed E-state index contributed by atoms with van der Waals surface area (Å²) in [6, 6.07) is 3.43. The number of hydrogen-bond acceptors (Lipinski definition) is 2. The van der Waals surface area contributed by atoms with E-state index >= 15 is 0 Å². The van der Waals surface area contributed by atoms with E-state index in [9.17, 15) is 8.78 Å². The molecular formula is C14H19F2NO. The molecule has 0 spiro atoms. The van der Waals surface area contributed by atoms with Gasteiger partial charge in [-0.1, -0.05) is 6.92 Å². The molecule has 0 aromatic heterocycles. The Balaban J connectivity index is 1.81. The highest BCUT2D eigenvalue weighted by atomic mass is 19.1. The molecule has 1 aromatic rings. The smallest absolute Gasteiger partial charge is 0.167 e. The summed E-state index contributed by atoms with van der Waals surface area (Å²) in [4.78, 5) is 2.40. The second kappa shape index (κ2) is 6.14. The van der Waals surface area contributed by atoms with Crippen molar-refractivity contribution >= 4 is 0 Å². The fraction of sp³-hybridized carbons (Fsp3) is 0.571. The van der Waals surface area contributed by atoms with Crippen molar-refractivity contribution in [2.75, 3.05) is 26.2 Å². The fourth-order valence-electron chi connectivity index (χ4n) is 2.27. The number of benzene rings is 1. The monoisotopic (exact) mass is 255 g/mol. The van der Waals surface area contributed by atoms with Crippen molar-refractivity contribution < 1.29 is 13.5 Å². The summed E-state index contributed by atoms with van der Waals surface area (Å²) in [6.45, 7) is 5.91. The van der Waals surface area contributed by atoms with Gasteiger partial charge in [0, 0.05) is 6.07 Å². The maximum absolute atomic E-state index is 13.3. The molecule has 0 radical (unpaired) electrons. The maximum atomic E-state index is 13.3. The van der Waals surface area contributed by atoms with Crippen LogP contribution in [0.1, 0.15) is 19.8 Å². The summed E-state index contributed by atoms with van der Waals surface area (Å²) in [7, 11) is 0. The Morgan fingerprint density at radius 2 is 2.00 bits per heavy atom. The van der Waals surface area contributed by atoms with Gasteiger partial charge in [-0.05, 0) is 50.5 Å². The van der Waals surface area contributed by atoms with E-state index in [2.05, 4.69) is 11.8 Å². The van der Waals surface area contributed by atoms with Gasteiger partial charge in [0.1, 0.15) is 5.82 Å². The van der Waals surface area contributed by atoms with Crippen LogP contribution in [0.2, 0.25) is 0 Å². The molecule has 1 heterocycles. The van der Waals surface area contributed by atoms with Crippen LogP contribution < -0.4 is 4.74 Å². The minimum Gasteiger partial charge on any atom is -0.490 e. The van der Waals surface area contributed by atoms with E-state index in [0.717, 1.165) is 38.5 Å². The largest absolute Gasteiger partial charge is 0.490 e. The summed E-state index contributed by atoms with van der Waals surface area (Å²) >= 11 is 0. The molecule has 4 heteroatoms. The van der Waals surface area contributed by atoms with Crippen molar-refractivity contribution in [3.8, 4) is 5.75 Å². The number of halogens is 2. The van der Waals surface area contributed by atoms with Gasteiger partial charge in [-0.2, -0.15) is 0 Å². The summed E-state index contributed by atoms with van der Waals surface area (Å²) < 4.78 is 31.5. The Kier molecular flexibility index (Phi) is 4.53. The SMILES string of the molecule is CCN1CCC(COc2ccc(F)cc2F)CC1. The van der Waals surface area contributed by atoms with Gasteiger partial charge in [-0.25, -0.2) is 8.78 Å². The van der Waals surface area contributed by atoms with Crippen molar-refractivity contribution in [3.63, 3.8) is 0 Å². The molecule has 1 aliphatic heterocycles. The molecule has 2 nitrogen and oxygen atoms in total. The van der Waals surface area contributed by atoms with Gasteiger partial charge in [-0.3, -0.25) is 0 Å². The van der Waals surface area contributed by atoms with Gasteiger partial charge in [0.15, 0.2) is 11.6 Å². The Morgan fingerprint density at radius 3 is 2.61 bits per heavy atom. The lowest BCUT2D eigenvalue weighted by Gasteiger charge is -2.30. The molecule has 100 valence electrons. The minimum atomic E-state index is -0.624. The predicted octanol–water partition coefficient (Wildman–Crippen LogP) is 3.08. The highest BCUT2D eigenvalue weighted by molar-refractivity contribution is 5.24. The molecule has 1 aliphatic rings. The van der Waals surface area contributed by atoms with E-state index in [-0.39, 0.29) is 5.75 Å².